The zero-order valence-electron chi connectivity index (χ0n) is 13.0. The van der Waals surface area contributed by atoms with Crippen LogP contribution in [0.15, 0.2) is 48.0 Å². The summed E-state index contributed by atoms with van der Waals surface area (Å²) in [6.07, 6.45) is -0.00285. The molecule has 128 valence electrons. The molecule has 0 fully saturated rings. The van der Waals surface area contributed by atoms with Crippen LogP contribution in [0.3, 0.4) is 0 Å². The molecular weight excluding hydrogens is 318 g/mol. The van der Waals surface area contributed by atoms with Gasteiger partial charge in [0.2, 0.25) is 17.2 Å². The van der Waals surface area contributed by atoms with Crippen molar-refractivity contribution in [2.45, 2.75) is 30.7 Å². The summed E-state index contributed by atoms with van der Waals surface area (Å²) in [5.41, 5.74) is 3.57. The van der Waals surface area contributed by atoms with Crippen LogP contribution in [-0.2, 0) is 14.3 Å². The maximum Gasteiger partial charge on any atom is 0.348 e. The van der Waals surface area contributed by atoms with Gasteiger partial charge >= 0.3 is 11.9 Å². The molecule has 5 nitrogen and oxygen atoms in total. The molecule has 1 atom stereocenters. The fourth-order valence-corrected chi connectivity index (χ4v) is 2.47. The van der Waals surface area contributed by atoms with Crippen molar-refractivity contribution in [3.05, 3.63) is 48.6 Å². The fraction of sp³-hybridized carbons (Fsp3) is 0.353. The van der Waals surface area contributed by atoms with Gasteiger partial charge in [-0.3, -0.25) is 4.79 Å². The lowest BCUT2D eigenvalue weighted by atomic mass is 9.85. The molecular formula is C17H18F2N2O3. The lowest BCUT2D eigenvalue weighted by molar-refractivity contribution is -0.157. The summed E-state index contributed by atoms with van der Waals surface area (Å²) in [6.45, 7) is 3.35. The Kier molecular flexibility index (Phi) is 5.23. The quantitative estimate of drug-likeness (QED) is 0.448. The van der Waals surface area contributed by atoms with E-state index in [1.54, 1.807) is 30.3 Å². The van der Waals surface area contributed by atoms with Crippen LogP contribution in [0.2, 0.25) is 0 Å². The number of ketones is 1. The van der Waals surface area contributed by atoms with E-state index >= 15 is 0 Å². The van der Waals surface area contributed by atoms with Gasteiger partial charge in [-0.1, -0.05) is 24.3 Å². The number of aliphatic imine (C=N–C) groups is 1. The van der Waals surface area contributed by atoms with Crippen LogP contribution in [0.25, 0.3) is 0 Å². The summed E-state index contributed by atoms with van der Waals surface area (Å²) < 4.78 is 33.3. The molecule has 1 aromatic carbocycles. The number of cyclic esters (lactones) is 1. The Bertz CT molecular complexity index is 674. The van der Waals surface area contributed by atoms with E-state index in [4.69, 9.17) is 10.5 Å². The van der Waals surface area contributed by atoms with E-state index in [0.717, 1.165) is 6.08 Å². The van der Waals surface area contributed by atoms with Crippen LogP contribution in [0.4, 0.5) is 8.78 Å². The molecule has 0 radical (unpaired) electrons. The highest BCUT2D eigenvalue weighted by Gasteiger charge is 2.59. The predicted molar refractivity (Wildman–Crippen MR) is 84.9 cm³/mol. The van der Waals surface area contributed by atoms with E-state index < -0.39 is 29.6 Å². The number of benzene rings is 1. The molecule has 1 aliphatic rings. The van der Waals surface area contributed by atoms with Gasteiger partial charge in [-0.15, -0.1) is 6.58 Å². The molecule has 2 N–H and O–H groups in total. The van der Waals surface area contributed by atoms with Gasteiger partial charge < -0.3 is 10.5 Å². The van der Waals surface area contributed by atoms with Crippen molar-refractivity contribution >= 4 is 17.7 Å². The number of halogens is 2. The number of nitrogens with zero attached hydrogens (tertiary/aromatic N) is 1. The van der Waals surface area contributed by atoms with Gasteiger partial charge in [0.05, 0.1) is 0 Å². The number of allylic oxidation sites excluding steroid dienone is 1. The molecule has 1 heterocycles. The van der Waals surface area contributed by atoms with Crippen molar-refractivity contribution in [3.8, 4) is 0 Å². The Hall–Kier alpha value is -2.41. The molecule has 0 saturated carbocycles. The Morgan fingerprint density at radius 3 is 2.62 bits per heavy atom. The molecule has 1 unspecified atom stereocenters. The Labute approximate surface area is 138 Å². The molecule has 2 rings (SSSR count). The minimum Gasteiger partial charge on any atom is -0.405 e. The molecule has 0 aliphatic carbocycles. The standard InChI is InChI=1S/C17H18F2N2O3/c1-2-9-17(18,19)14(22)16(10-6-11-20)15(23)24-13(21-16)12-7-4-3-5-8-12/h2-5,7-8H,1,6,9-11,20H2. The monoisotopic (exact) mass is 336 g/mol. The molecule has 0 saturated heterocycles. The molecule has 7 heteroatoms. The number of ether oxygens (including phenoxy) is 1. The zero-order chi connectivity index (χ0) is 17.8. The van der Waals surface area contributed by atoms with Gasteiger partial charge in [0.25, 0.3) is 0 Å². The number of nitrogens with two attached hydrogens (primary N) is 1. The first-order valence-corrected chi connectivity index (χ1v) is 7.48. The van der Waals surface area contributed by atoms with Crippen LogP contribution >= 0.6 is 0 Å². The first kappa shape index (κ1) is 17.9. The second kappa shape index (κ2) is 7.00. The van der Waals surface area contributed by atoms with Crippen LogP contribution in [-0.4, -0.2) is 35.7 Å². The van der Waals surface area contributed by atoms with Gasteiger partial charge in [-0.2, -0.15) is 8.78 Å². The molecule has 24 heavy (non-hydrogen) atoms. The second-order valence-electron chi connectivity index (χ2n) is 5.45. The van der Waals surface area contributed by atoms with Crippen molar-refractivity contribution in [3.63, 3.8) is 0 Å². The predicted octanol–water partition coefficient (Wildman–Crippen LogP) is 2.25. The molecule has 0 amide bonds. The van der Waals surface area contributed by atoms with Crippen molar-refractivity contribution in [2.75, 3.05) is 6.54 Å². The Morgan fingerprint density at radius 2 is 2.04 bits per heavy atom. The maximum atomic E-state index is 14.1. The third-order valence-corrected chi connectivity index (χ3v) is 3.69. The smallest absolute Gasteiger partial charge is 0.348 e. The zero-order valence-corrected chi connectivity index (χ0v) is 13.0. The number of carbonyl (C=O) groups is 2. The third kappa shape index (κ3) is 3.26. The summed E-state index contributed by atoms with van der Waals surface area (Å²) in [6, 6.07) is 8.32. The Balaban J connectivity index is 2.47. The van der Waals surface area contributed by atoms with E-state index in [1.807, 2.05) is 0 Å². The number of hydrogen-bond acceptors (Lipinski definition) is 5. The highest BCUT2D eigenvalue weighted by Crippen LogP contribution is 2.36. The third-order valence-electron chi connectivity index (χ3n) is 3.69. The van der Waals surface area contributed by atoms with E-state index in [9.17, 15) is 18.4 Å². The minimum absolute atomic E-state index is 0.130. The van der Waals surface area contributed by atoms with Crippen LogP contribution in [0.5, 0.6) is 0 Å². The summed E-state index contributed by atoms with van der Waals surface area (Å²) in [4.78, 5) is 28.7. The average Bonchev–Trinajstić information content (AvgIpc) is 2.91. The van der Waals surface area contributed by atoms with Crippen molar-refractivity contribution in [1.82, 2.24) is 0 Å². The molecule has 0 bridgehead atoms. The van der Waals surface area contributed by atoms with Gasteiger partial charge in [-0.25, -0.2) is 9.79 Å². The summed E-state index contributed by atoms with van der Waals surface area (Å²) >= 11 is 0. The first-order valence-electron chi connectivity index (χ1n) is 7.48. The minimum atomic E-state index is -3.76. The van der Waals surface area contributed by atoms with Crippen molar-refractivity contribution in [2.24, 2.45) is 10.7 Å². The van der Waals surface area contributed by atoms with Crippen LogP contribution in [0.1, 0.15) is 24.8 Å². The summed E-state index contributed by atoms with van der Waals surface area (Å²) in [7, 11) is 0. The summed E-state index contributed by atoms with van der Waals surface area (Å²) in [5.74, 6) is -6.58. The average molecular weight is 336 g/mol. The van der Waals surface area contributed by atoms with Crippen LogP contribution in [0, 0.1) is 0 Å². The summed E-state index contributed by atoms with van der Waals surface area (Å²) in [5, 5.41) is 0. The second-order valence-corrected chi connectivity index (χ2v) is 5.45. The number of rotatable bonds is 8. The Morgan fingerprint density at radius 1 is 1.38 bits per heavy atom. The highest BCUT2D eigenvalue weighted by atomic mass is 19.3. The number of alkyl halides is 2. The number of esters is 1. The van der Waals surface area contributed by atoms with Gasteiger partial charge in [0.15, 0.2) is 0 Å². The first-order chi connectivity index (χ1) is 11.4. The van der Waals surface area contributed by atoms with Gasteiger partial charge in [0.1, 0.15) is 0 Å². The number of hydrogen-bond donors (Lipinski definition) is 1. The highest BCUT2D eigenvalue weighted by molar-refractivity contribution is 6.20. The largest absolute Gasteiger partial charge is 0.405 e. The lowest BCUT2D eigenvalue weighted by Crippen LogP contribution is -2.51. The van der Waals surface area contributed by atoms with E-state index in [1.165, 1.54) is 0 Å². The number of Topliss-reactive ketones (excluding diaryl/α,β-unsaturated/α-hetero) is 1. The molecule has 0 aromatic heterocycles. The SMILES string of the molecule is C=CCC(F)(F)C(=O)C1(CCCN)N=C(c2ccccc2)OC1=O. The maximum absolute atomic E-state index is 14.1. The fourth-order valence-electron chi connectivity index (χ4n) is 2.47. The van der Waals surface area contributed by atoms with Gasteiger partial charge in [-0.05, 0) is 31.5 Å². The molecule has 0 spiro atoms. The normalized spacial score (nSPS) is 20.5. The topological polar surface area (TPSA) is 81.8 Å². The lowest BCUT2D eigenvalue weighted by Gasteiger charge is -2.24. The van der Waals surface area contributed by atoms with Crippen LogP contribution < -0.4 is 5.73 Å². The van der Waals surface area contributed by atoms with E-state index in [-0.39, 0.29) is 25.3 Å². The van der Waals surface area contributed by atoms with E-state index in [0.29, 0.717) is 5.56 Å². The van der Waals surface area contributed by atoms with Gasteiger partial charge in [0, 0.05) is 12.0 Å². The molecule has 1 aliphatic heterocycles. The van der Waals surface area contributed by atoms with Crippen molar-refractivity contribution < 1.29 is 23.1 Å². The number of carbonyl (C=O) groups excluding carboxylic acids is 2. The molecule has 1 aromatic rings. The van der Waals surface area contributed by atoms with E-state index in [2.05, 4.69) is 11.6 Å². The van der Waals surface area contributed by atoms with Crippen molar-refractivity contribution in [1.29, 1.82) is 0 Å².